The number of aromatic nitrogens is 6. The molecule has 35 heavy (non-hydrogen) atoms. The minimum atomic E-state index is -0.0919. The minimum absolute atomic E-state index is 0.0919. The van der Waals surface area contributed by atoms with Crippen LogP contribution in [0.2, 0.25) is 10.0 Å². The smallest absolute Gasteiger partial charge is 0.156 e. The van der Waals surface area contributed by atoms with Gasteiger partial charge in [-0.15, -0.1) is 5.10 Å². The second kappa shape index (κ2) is 9.90. The SMILES string of the molecule is COc1ccc(-n2nc(C[C@H](c3cccc(C)c3)c3nnn[nH]3)cc2-c2ccc(Cl)c(Cl)c2)cc1. The third-order valence-electron chi connectivity index (χ3n) is 5.84. The number of aryl methyl sites for hydroxylation is 1. The van der Waals surface area contributed by atoms with Gasteiger partial charge in [-0.3, -0.25) is 0 Å². The van der Waals surface area contributed by atoms with E-state index in [1.54, 1.807) is 13.2 Å². The summed E-state index contributed by atoms with van der Waals surface area (Å²) in [5.74, 6) is 1.37. The predicted octanol–water partition coefficient (Wildman–Crippen LogP) is 6.05. The number of rotatable bonds is 7. The molecule has 0 amide bonds. The van der Waals surface area contributed by atoms with Gasteiger partial charge in [0.25, 0.3) is 0 Å². The Morgan fingerprint density at radius 2 is 1.80 bits per heavy atom. The molecule has 0 aliphatic rings. The normalized spacial score (nSPS) is 12.0. The number of H-pyrrole nitrogens is 1. The molecule has 176 valence electrons. The van der Waals surface area contributed by atoms with Crippen molar-refractivity contribution in [3.05, 3.63) is 105 Å². The molecule has 5 rings (SSSR count). The van der Waals surface area contributed by atoms with E-state index in [0.29, 0.717) is 22.3 Å². The van der Waals surface area contributed by atoms with Crippen molar-refractivity contribution < 1.29 is 4.74 Å². The van der Waals surface area contributed by atoms with E-state index >= 15 is 0 Å². The Kier molecular flexibility index (Phi) is 6.53. The highest BCUT2D eigenvalue weighted by molar-refractivity contribution is 6.42. The van der Waals surface area contributed by atoms with E-state index in [2.05, 4.69) is 51.8 Å². The summed E-state index contributed by atoms with van der Waals surface area (Å²) in [4.78, 5) is 0. The molecule has 3 aromatic carbocycles. The van der Waals surface area contributed by atoms with Crippen LogP contribution in [0.1, 0.15) is 28.6 Å². The lowest BCUT2D eigenvalue weighted by Gasteiger charge is -2.13. The fourth-order valence-corrected chi connectivity index (χ4v) is 4.39. The van der Waals surface area contributed by atoms with Crippen LogP contribution in [0.15, 0.2) is 72.8 Å². The second-order valence-electron chi connectivity index (χ2n) is 8.22. The van der Waals surface area contributed by atoms with E-state index in [1.807, 2.05) is 47.1 Å². The summed E-state index contributed by atoms with van der Waals surface area (Å²) in [6.45, 7) is 2.07. The molecule has 0 saturated carbocycles. The molecular weight excluding hydrogens is 483 g/mol. The molecule has 2 aromatic heterocycles. The monoisotopic (exact) mass is 504 g/mol. The number of ether oxygens (including phenoxy) is 1. The van der Waals surface area contributed by atoms with Crippen LogP contribution < -0.4 is 4.74 Å². The van der Waals surface area contributed by atoms with Gasteiger partial charge in [-0.05, 0) is 65.4 Å². The van der Waals surface area contributed by atoms with Gasteiger partial charge in [0, 0.05) is 12.0 Å². The highest BCUT2D eigenvalue weighted by atomic mass is 35.5. The van der Waals surface area contributed by atoms with Crippen LogP contribution in [0.5, 0.6) is 5.75 Å². The summed E-state index contributed by atoms with van der Waals surface area (Å²) < 4.78 is 7.23. The fourth-order valence-electron chi connectivity index (χ4n) is 4.09. The van der Waals surface area contributed by atoms with Gasteiger partial charge in [-0.1, -0.05) is 59.1 Å². The van der Waals surface area contributed by atoms with Gasteiger partial charge in [0.15, 0.2) is 5.82 Å². The number of nitrogens with one attached hydrogen (secondary N) is 1. The molecule has 2 heterocycles. The molecule has 0 fully saturated rings. The van der Waals surface area contributed by atoms with Gasteiger partial charge in [0.05, 0.1) is 40.1 Å². The van der Waals surface area contributed by atoms with Crippen molar-refractivity contribution in [2.24, 2.45) is 0 Å². The fraction of sp³-hybridized carbons (Fsp3) is 0.154. The number of nitrogens with zero attached hydrogens (tertiary/aromatic N) is 5. The Morgan fingerprint density at radius 3 is 2.49 bits per heavy atom. The molecule has 0 spiro atoms. The van der Waals surface area contributed by atoms with Crippen LogP contribution in [-0.4, -0.2) is 37.5 Å². The summed E-state index contributed by atoms with van der Waals surface area (Å²) >= 11 is 12.5. The van der Waals surface area contributed by atoms with Gasteiger partial charge in [-0.2, -0.15) is 5.10 Å². The highest BCUT2D eigenvalue weighted by Crippen LogP contribution is 2.33. The molecule has 9 heteroatoms. The number of methoxy groups -OCH3 is 1. The Bertz CT molecular complexity index is 1450. The van der Waals surface area contributed by atoms with E-state index in [0.717, 1.165) is 34.0 Å². The maximum atomic E-state index is 6.35. The maximum Gasteiger partial charge on any atom is 0.156 e. The highest BCUT2D eigenvalue weighted by Gasteiger charge is 2.22. The number of tetrazole rings is 1. The topological polar surface area (TPSA) is 81.5 Å². The second-order valence-corrected chi connectivity index (χ2v) is 9.03. The van der Waals surface area contributed by atoms with Gasteiger partial charge in [0.1, 0.15) is 5.75 Å². The molecule has 0 bridgehead atoms. The Morgan fingerprint density at radius 1 is 0.971 bits per heavy atom. The Hall–Kier alpha value is -3.68. The minimum Gasteiger partial charge on any atom is -0.497 e. The van der Waals surface area contributed by atoms with Gasteiger partial charge >= 0.3 is 0 Å². The first kappa shape index (κ1) is 23.1. The van der Waals surface area contributed by atoms with Crippen LogP contribution in [-0.2, 0) is 6.42 Å². The van der Waals surface area contributed by atoms with Crippen molar-refractivity contribution in [2.45, 2.75) is 19.3 Å². The predicted molar refractivity (Wildman–Crippen MR) is 136 cm³/mol. The average Bonchev–Trinajstić information content (AvgIpc) is 3.55. The average molecular weight is 505 g/mol. The number of hydrogen-bond donors (Lipinski definition) is 1. The first-order chi connectivity index (χ1) is 17.0. The lowest BCUT2D eigenvalue weighted by molar-refractivity contribution is 0.414. The van der Waals surface area contributed by atoms with Crippen molar-refractivity contribution in [3.8, 4) is 22.7 Å². The molecule has 1 atom stereocenters. The van der Waals surface area contributed by atoms with Crippen molar-refractivity contribution in [1.82, 2.24) is 30.4 Å². The van der Waals surface area contributed by atoms with Crippen LogP contribution in [0, 0.1) is 6.92 Å². The first-order valence-corrected chi connectivity index (χ1v) is 11.8. The molecule has 1 N–H and O–H groups in total. The standard InChI is InChI=1S/C26H22Cl2N6O/c1-16-4-3-5-17(12-16)22(26-29-32-33-30-26)14-19-15-25(18-6-11-23(27)24(28)13-18)34(31-19)20-7-9-21(35-2)10-8-20/h3-13,15,22H,14H2,1-2H3,(H,29,30,32,33)/t22-/m1/s1. The molecule has 0 aliphatic heterocycles. The summed E-state index contributed by atoms with van der Waals surface area (Å²) in [5.41, 5.74) is 5.85. The summed E-state index contributed by atoms with van der Waals surface area (Å²) in [7, 11) is 1.64. The van der Waals surface area contributed by atoms with Crippen LogP contribution in [0.25, 0.3) is 16.9 Å². The molecule has 0 saturated heterocycles. The Labute approximate surface area is 212 Å². The van der Waals surface area contributed by atoms with Gasteiger partial charge in [-0.25, -0.2) is 9.78 Å². The van der Waals surface area contributed by atoms with E-state index in [1.165, 1.54) is 5.56 Å². The summed E-state index contributed by atoms with van der Waals surface area (Å²) in [6, 6.07) is 23.7. The van der Waals surface area contributed by atoms with Crippen molar-refractivity contribution in [3.63, 3.8) is 0 Å². The zero-order valence-corrected chi connectivity index (χ0v) is 20.6. The zero-order chi connectivity index (χ0) is 24.4. The van der Waals surface area contributed by atoms with E-state index in [9.17, 15) is 0 Å². The number of hydrogen-bond acceptors (Lipinski definition) is 5. The third-order valence-corrected chi connectivity index (χ3v) is 6.58. The number of aromatic amines is 1. The quantitative estimate of drug-likeness (QED) is 0.291. The van der Waals surface area contributed by atoms with Gasteiger partial charge in [0.2, 0.25) is 0 Å². The molecule has 0 unspecified atom stereocenters. The molecule has 7 nitrogen and oxygen atoms in total. The first-order valence-electron chi connectivity index (χ1n) is 11.0. The number of benzene rings is 3. The van der Waals surface area contributed by atoms with Crippen LogP contribution in [0.4, 0.5) is 0 Å². The lowest BCUT2D eigenvalue weighted by atomic mass is 9.92. The van der Waals surface area contributed by atoms with E-state index in [-0.39, 0.29) is 5.92 Å². The molecular formula is C26H22Cl2N6O. The molecule has 0 aliphatic carbocycles. The van der Waals surface area contributed by atoms with Crippen LogP contribution >= 0.6 is 23.2 Å². The summed E-state index contributed by atoms with van der Waals surface area (Å²) in [5, 5.41) is 20.7. The van der Waals surface area contributed by atoms with E-state index in [4.69, 9.17) is 33.0 Å². The Balaban J connectivity index is 1.60. The lowest BCUT2D eigenvalue weighted by Crippen LogP contribution is -2.09. The van der Waals surface area contributed by atoms with Crippen LogP contribution in [0.3, 0.4) is 0 Å². The van der Waals surface area contributed by atoms with Crippen molar-refractivity contribution in [2.75, 3.05) is 7.11 Å². The third kappa shape index (κ3) is 4.92. The summed E-state index contributed by atoms with van der Waals surface area (Å²) in [6.07, 6.45) is 0.595. The zero-order valence-electron chi connectivity index (χ0n) is 19.1. The van der Waals surface area contributed by atoms with E-state index < -0.39 is 0 Å². The van der Waals surface area contributed by atoms with Crippen molar-refractivity contribution >= 4 is 23.2 Å². The largest absolute Gasteiger partial charge is 0.497 e. The molecule has 5 aromatic rings. The maximum absolute atomic E-state index is 6.35. The van der Waals surface area contributed by atoms with Crippen molar-refractivity contribution in [1.29, 1.82) is 0 Å². The number of halogens is 2. The molecule has 0 radical (unpaired) electrons. The van der Waals surface area contributed by atoms with Gasteiger partial charge < -0.3 is 4.74 Å².